The van der Waals surface area contributed by atoms with Crippen molar-refractivity contribution in [1.29, 1.82) is 0 Å². The molecule has 0 spiro atoms. The summed E-state index contributed by atoms with van der Waals surface area (Å²) in [6, 6.07) is 7.11. The van der Waals surface area contributed by atoms with E-state index in [1.165, 1.54) is 17.7 Å². The lowest BCUT2D eigenvalue weighted by atomic mass is 9.89. The highest BCUT2D eigenvalue weighted by Gasteiger charge is 2.32. The Hall–Kier alpha value is -3.40. The number of aromatic nitrogens is 4. The van der Waals surface area contributed by atoms with Crippen LogP contribution in [-0.4, -0.2) is 51.2 Å². The number of hydrogen-bond acceptors (Lipinski definition) is 8. The summed E-state index contributed by atoms with van der Waals surface area (Å²) in [7, 11) is 2.96. The zero-order valence-corrected chi connectivity index (χ0v) is 15.5. The van der Waals surface area contributed by atoms with E-state index in [-0.39, 0.29) is 23.3 Å². The molecule has 1 aliphatic heterocycles. The second-order valence-electron chi connectivity index (χ2n) is 6.64. The normalized spacial score (nSPS) is 16.7. The van der Waals surface area contributed by atoms with Gasteiger partial charge in [0.1, 0.15) is 5.75 Å². The smallest absolute Gasteiger partial charge is 0.314 e. The molecule has 0 bridgehead atoms. The van der Waals surface area contributed by atoms with Gasteiger partial charge in [-0.3, -0.25) is 19.6 Å². The molecule has 0 aliphatic carbocycles. The van der Waals surface area contributed by atoms with E-state index in [1.807, 2.05) is 23.1 Å². The predicted octanol–water partition coefficient (Wildman–Crippen LogP) is 0.281. The topological polar surface area (TPSA) is 128 Å². The highest BCUT2D eigenvalue weighted by Crippen LogP contribution is 2.32. The van der Waals surface area contributed by atoms with Gasteiger partial charge in [0.05, 0.1) is 25.8 Å². The first-order valence-electron chi connectivity index (χ1n) is 8.69. The van der Waals surface area contributed by atoms with Crippen molar-refractivity contribution >= 4 is 17.7 Å². The van der Waals surface area contributed by atoms with Crippen LogP contribution in [0.5, 0.6) is 5.75 Å². The number of methoxy groups -OCH3 is 2. The van der Waals surface area contributed by atoms with E-state index in [9.17, 15) is 9.59 Å². The van der Waals surface area contributed by atoms with Crippen molar-refractivity contribution < 1.29 is 14.3 Å². The third kappa shape index (κ3) is 3.18. The number of carbonyl (C=O) groups is 1. The van der Waals surface area contributed by atoms with Gasteiger partial charge >= 0.3 is 5.97 Å². The first-order chi connectivity index (χ1) is 13.5. The van der Waals surface area contributed by atoms with Crippen molar-refractivity contribution in [3.63, 3.8) is 0 Å². The molecular weight excluding hydrogens is 364 g/mol. The summed E-state index contributed by atoms with van der Waals surface area (Å²) in [4.78, 5) is 35.0. The van der Waals surface area contributed by atoms with E-state index < -0.39 is 5.92 Å². The molecule has 0 fully saturated rings. The average molecular weight is 384 g/mol. The van der Waals surface area contributed by atoms with Crippen LogP contribution in [0.1, 0.15) is 22.7 Å². The minimum absolute atomic E-state index is 0.119. The molecule has 3 N–H and O–H groups in total. The summed E-state index contributed by atoms with van der Waals surface area (Å²) in [5.41, 5.74) is 7.75. The maximum atomic E-state index is 12.4. The molecule has 1 atom stereocenters. The number of ether oxygens (including phenoxy) is 2. The van der Waals surface area contributed by atoms with Gasteiger partial charge in [0.15, 0.2) is 0 Å². The van der Waals surface area contributed by atoms with Gasteiger partial charge in [0.25, 0.3) is 11.3 Å². The molecule has 2 aromatic heterocycles. The summed E-state index contributed by atoms with van der Waals surface area (Å²) in [6.45, 7) is 1.44. The second-order valence-corrected chi connectivity index (χ2v) is 6.64. The highest BCUT2D eigenvalue weighted by atomic mass is 16.5. The number of hydrogen-bond donors (Lipinski definition) is 2. The molecule has 28 heavy (non-hydrogen) atoms. The monoisotopic (exact) mass is 384 g/mol. The van der Waals surface area contributed by atoms with Crippen LogP contribution in [-0.2, 0) is 22.6 Å². The van der Waals surface area contributed by atoms with E-state index in [4.69, 9.17) is 15.2 Å². The molecule has 0 radical (unpaired) electrons. The quantitative estimate of drug-likeness (QED) is 0.614. The van der Waals surface area contributed by atoms with Gasteiger partial charge in [0, 0.05) is 25.7 Å². The minimum atomic E-state index is -0.449. The Morgan fingerprint density at radius 3 is 2.89 bits per heavy atom. The number of nitrogens with one attached hydrogen (secondary N) is 1. The Bertz CT molecular complexity index is 1110. The Balaban J connectivity index is 1.65. The minimum Gasteiger partial charge on any atom is -0.497 e. The molecule has 146 valence electrons. The van der Waals surface area contributed by atoms with Crippen LogP contribution < -0.4 is 16.0 Å². The Morgan fingerprint density at radius 1 is 1.32 bits per heavy atom. The van der Waals surface area contributed by atoms with E-state index in [0.717, 1.165) is 11.1 Å². The average Bonchev–Trinajstić information content (AvgIpc) is 3.07. The lowest BCUT2D eigenvalue weighted by Crippen LogP contribution is -2.37. The third-order valence-electron chi connectivity index (χ3n) is 4.84. The molecule has 0 saturated carbocycles. The fraction of sp³-hybridized carbons (Fsp3) is 0.333. The summed E-state index contributed by atoms with van der Waals surface area (Å²) in [5.74, 6) is 0.259. The van der Waals surface area contributed by atoms with E-state index in [2.05, 4.69) is 15.1 Å². The van der Waals surface area contributed by atoms with Gasteiger partial charge in [-0.2, -0.15) is 9.50 Å². The molecule has 0 saturated heterocycles. The van der Waals surface area contributed by atoms with Crippen LogP contribution in [0.25, 0.3) is 5.78 Å². The van der Waals surface area contributed by atoms with Crippen molar-refractivity contribution in [3.05, 3.63) is 51.4 Å². The molecule has 10 nitrogen and oxygen atoms in total. The van der Waals surface area contributed by atoms with Gasteiger partial charge < -0.3 is 15.2 Å². The van der Waals surface area contributed by atoms with Crippen LogP contribution in [0.4, 0.5) is 5.95 Å². The summed E-state index contributed by atoms with van der Waals surface area (Å²) < 4.78 is 11.5. The molecule has 0 amide bonds. The number of nitrogens with zero attached hydrogens (tertiary/aromatic N) is 4. The molecule has 1 unspecified atom stereocenters. The van der Waals surface area contributed by atoms with Crippen molar-refractivity contribution in [2.24, 2.45) is 0 Å². The van der Waals surface area contributed by atoms with Crippen molar-refractivity contribution in [2.45, 2.75) is 19.0 Å². The van der Waals surface area contributed by atoms with Crippen molar-refractivity contribution in [2.75, 3.05) is 26.5 Å². The standard InChI is InChI=1S/C18H20N6O4/c1-27-12-4-3-10-7-23(9-14(13(10)6-12)16(26)28-2)8-11-5-15(25)24-18(20-11)21-17(19)22-24/h3-6,14H,7-9H2,1-2H3,(H3,19,20,21,22). The second kappa shape index (κ2) is 6.97. The van der Waals surface area contributed by atoms with Gasteiger partial charge in [-0.15, -0.1) is 0 Å². The van der Waals surface area contributed by atoms with Gasteiger partial charge in [-0.05, 0) is 23.3 Å². The largest absolute Gasteiger partial charge is 0.497 e. The van der Waals surface area contributed by atoms with Crippen LogP contribution in [0.15, 0.2) is 29.1 Å². The summed E-state index contributed by atoms with van der Waals surface area (Å²) in [5, 5.41) is 2.63. The number of nitrogens with two attached hydrogens (primary N) is 1. The number of nitrogen functional groups attached to an aromatic ring is 1. The molecule has 1 aromatic carbocycles. The number of esters is 1. The highest BCUT2D eigenvalue weighted by molar-refractivity contribution is 5.79. The fourth-order valence-corrected chi connectivity index (χ4v) is 3.55. The Morgan fingerprint density at radius 2 is 2.14 bits per heavy atom. The van der Waals surface area contributed by atoms with Crippen molar-refractivity contribution in [1.82, 2.24) is 24.5 Å². The first kappa shape index (κ1) is 18.0. The number of rotatable bonds is 4. The number of carbonyl (C=O) groups excluding carboxylic acids is 1. The van der Waals surface area contributed by atoms with Gasteiger partial charge in [-0.1, -0.05) is 6.07 Å². The number of benzene rings is 1. The molecular formula is C18H20N6O4. The van der Waals surface area contributed by atoms with Gasteiger partial charge in [-0.25, -0.2) is 4.98 Å². The Kier molecular flexibility index (Phi) is 4.47. The van der Waals surface area contributed by atoms with Crippen LogP contribution in [0.2, 0.25) is 0 Å². The molecule has 3 aromatic rings. The summed E-state index contributed by atoms with van der Waals surface area (Å²) >= 11 is 0. The molecule has 3 heterocycles. The van der Waals surface area contributed by atoms with Crippen LogP contribution in [0.3, 0.4) is 0 Å². The Labute approximate surface area is 159 Å². The van der Waals surface area contributed by atoms with Crippen LogP contribution >= 0.6 is 0 Å². The van der Waals surface area contributed by atoms with Crippen LogP contribution in [0, 0.1) is 0 Å². The lowest BCUT2D eigenvalue weighted by molar-refractivity contribution is -0.143. The molecule has 4 rings (SSSR count). The SMILES string of the molecule is COC(=O)C1CN(Cc2cc(=O)n3[nH]c(N)nc3n2)Cc2ccc(OC)cc21. The lowest BCUT2D eigenvalue weighted by Gasteiger charge is -2.33. The zero-order valence-electron chi connectivity index (χ0n) is 15.5. The first-order valence-corrected chi connectivity index (χ1v) is 8.69. The fourth-order valence-electron chi connectivity index (χ4n) is 3.55. The number of fused-ring (bicyclic) bond motifs is 2. The summed E-state index contributed by atoms with van der Waals surface area (Å²) in [6.07, 6.45) is 0. The van der Waals surface area contributed by atoms with E-state index >= 15 is 0 Å². The molecule has 10 heteroatoms. The third-order valence-corrected chi connectivity index (χ3v) is 4.84. The predicted molar refractivity (Wildman–Crippen MR) is 99.9 cm³/mol. The van der Waals surface area contributed by atoms with Gasteiger partial charge in [0.2, 0.25) is 5.95 Å². The number of aromatic amines is 1. The molecule has 1 aliphatic rings. The van der Waals surface area contributed by atoms with E-state index in [0.29, 0.717) is 31.1 Å². The van der Waals surface area contributed by atoms with E-state index in [1.54, 1.807) is 7.11 Å². The number of anilines is 1. The van der Waals surface area contributed by atoms with Crippen molar-refractivity contribution in [3.8, 4) is 5.75 Å². The zero-order chi connectivity index (χ0) is 19.8. The number of H-pyrrole nitrogens is 1. The maximum Gasteiger partial charge on any atom is 0.314 e. The maximum absolute atomic E-state index is 12.4.